The molecule has 2 saturated heterocycles. The molecule has 1 N–H and O–H groups in total. The van der Waals surface area contributed by atoms with E-state index in [0.29, 0.717) is 43.5 Å². The number of aromatic nitrogens is 3. The van der Waals surface area contributed by atoms with Crippen molar-refractivity contribution in [1.29, 1.82) is 0 Å². The first-order chi connectivity index (χ1) is 18.8. The molecule has 0 bridgehead atoms. The molecule has 2 fully saturated rings. The second-order valence-electron chi connectivity index (χ2n) is 10.8. The number of aliphatic carboxylic acids is 1. The van der Waals surface area contributed by atoms with Crippen LogP contribution >= 0.6 is 11.3 Å². The Kier molecular flexibility index (Phi) is 8.37. The summed E-state index contributed by atoms with van der Waals surface area (Å²) >= 11 is 1.64. The maximum absolute atomic E-state index is 13.2. The van der Waals surface area contributed by atoms with Crippen molar-refractivity contribution in [3.05, 3.63) is 57.3 Å². The number of rotatable bonds is 9. The zero-order valence-corrected chi connectivity index (χ0v) is 23.8. The molecule has 0 aliphatic carbocycles. The molecule has 206 valence electrons. The lowest BCUT2D eigenvalue weighted by Gasteiger charge is -2.30. The number of hydrogen-bond donors (Lipinski definition) is 1. The zero-order chi connectivity index (χ0) is 27.5. The summed E-state index contributed by atoms with van der Waals surface area (Å²) in [6.07, 6.45) is 8.15. The number of piperidine rings is 1. The van der Waals surface area contributed by atoms with Gasteiger partial charge in [-0.15, -0.1) is 11.3 Å². The normalized spacial score (nSPS) is 18.5. The van der Waals surface area contributed by atoms with Crippen molar-refractivity contribution in [2.75, 3.05) is 24.5 Å². The number of Topliss-reactive ketones (excluding diaryl/α,β-unsaturated/α-hetero) is 1. The molecule has 39 heavy (non-hydrogen) atoms. The number of carboxylic acids is 1. The van der Waals surface area contributed by atoms with E-state index in [1.807, 2.05) is 4.90 Å². The summed E-state index contributed by atoms with van der Waals surface area (Å²) < 4.78 is 0. The quantitative estimate of drug-likeness (QED) is 0.360. The summed E-state index contributed by atoms with van der Waals surface area (Å²) in [5.41, 5.74) is 4.91. The molecule has 2 aromatic heterocycles. The fourth-order valence-electron chi connectivity index (χ4n) is 5.66. The van der Waals surface area contributed by atoms with E-state index in [9.17, 15) is 14.7 Å². The minimum Gasteiger partial charge on any atom is -0.481 e. The lowest BCUT2D eigenvalue weighted by molar-refractivity contribution is -0.142. The molecule has 9 heteroatoms. The van der Waals surface area contributed by atoms with E-state index in [-0.39, 0.29) is 18.1 Å². The van der Waals surface area contributed by atoms with Crippen molar-refractivity contribution in [2.45, 2.75) is 71.9 Å². The highest BCUT2D eigenvalue weighted by Crippen LogP contribution is 2.33. The van der Waals surface area contributed by atoms with Crippen LogP contribution in [-0.2, 0) is 17.8 Å². The molecule has 2 aliphatic heterocycles. The van der Waals surface area contributed by atoms with Crippen LogP contribution in [0.15, 0.2) is 30.6 Å². The maximum atomic E-state index is 13.2. The van der Waals surface area contributed by atoms with Crippen LogP contribution in [0.3, 0.4) is 0 Å². The van der Waals surface area contributed by atoms with Gasteiger partial charge in [0.2, 0.25) is 0 Å². The van der Waals surface area contributed by atoms with E-state index in [4.69, 9.17) is 4.98 Å². The lowest BCUT2D eigenvalue weighted by Crippen LogP contribution is -2.36. The topological polar surface area (TPSA) is 99.5 Å². The van der Waals surface area contributed by atoms with E-state index >= 15 is 0 Å². The number of benzene rings is 1. The van der Waals surface area contributed by atoms with Crippen LogP contribution in [0.4, 0.5) is 5.82 Å². The highest BCUT2D eigenvalue weighted by molar-refractivity contribution is 7.12. The van der Waals surface area contributed by atoms with Gasteiger partial charge < -0.3 is 10.0 Å². The standard InChI is InChI=1S/C30H37N5O3S/c1-4-23-6-5-11-35(23)18-26-29(22-8-7-19(2)20(3)14-22)33-28(39-26)15-25(36)24-16-32-27(17-31-24)34-12-9-21(10-13-34)30(37)38/h7-8,14,16-17,21,23H,4-6,9-13,15,18H2,1-3H3,(H,37,38)/t23-/m1/s1. The summed E-state index contributed by atoms with van der Waals surface area (Å²) in [7, 11) is 0. The third-order valence-corrected chi connectivity index (χ3v) is 9.28. The fraction of sp³-hybridized carbons (Fsp3) is 0.500. The molecule has 5 rings (SSSR count). The predicted molar refractivity (Wildman–Crippen MR) is 153 cm³/mol. The van der Waals surface area contributed by atoms with Crippen molar-refractivity contribution in [3.63, 3.8) is 0 Å². The number of carboxylic acid groups (broad SMARTS) is 1. The average Bonchev–Trinajstić information content (AvgIpc) is 3.57. The van der Waals surface area contributed by atoms with Gasteiger partial charge in [-0.2, -0.15) is 0 Å². The summed E-state index contributed by atoms with van der Waals surface area (Å²) in [4.78, 5) is 44.1. The first kappa shape index (κ1) is 27.4. The van der Waals surface area contributed by atoms with E-state index in [1.165, 1.54) is 35.0 Å². The van der Waals surface area contributed by atoms with E-state index in [1.54, 1.807) is 17.5 Å². The molecule has 0 radical (unpaired) electrons. The Morgan fingerprint density at radius 3 is 2.51 bits per heavy atom. The number of hydrogen-bond acceptors (Lipinski definition) is 8. The molecule has 8 nitrogen and oxygen atoms in total. The molecule has 0 amide bonds. The van der Waals surface area contributed by atoms with E-state index in [2.05, 4.69) is 53.8 Å². The third-order valence-electron chi connectivity index (χ3n) is 8.24. The van der Waals surface area contributed by atoms with Gasteiger partial charge in [0.05, 0.1) is 30.4 Å². The van der Waals surface area contributed by atoms with Crippen molar-refractivity contribution < 1.29 is 14.7 Å². The molecule has 0 saturated carbocycles. The average molecular weight is 548 g/mol. The first-order valence-corrected chi connectivity index (χ1v) is 14.8. The van der Waals surface area contributed by atoms with Crippen LogP contribution in [-0.4, -0.2) is 62.4 Å². The Bertz CT molecular complexity index is 1330. The Balaban J connectivity index is 1.32. The Morgan fingerprint density at radius 2 is 1.85 bits per heavy atom. The van der Waals surface area contributed by atoms with Crippen LogP contribution < -0.4 is 4.90 Å². The second-order valence-corrected chi connectivity index (χ2v) is 12.0. The highest BCUT2D eigenvalue weighted by Gasteiger charge is 2.27. The molecule has 1 aromatic carbocycles. The van der Waals surface area contributed by atoms with Crippen LogP contribution in [0.1, 0.15) is 70.5 Å². The summed E-state index contributed by atoms with van der Waals surface area (Å²) in [6.45, 7) is 9.71. The Morgan fingerprint density at radius 1 is 1.05 bits per heavy atom. The van der Waals surface area contributed by atoms with Gasteiger partial charge in [-0.05, 0) is 69.7 Å². The van der Waals surface area contributed by atoms with Gasteiger partial charge in [-0.3, -0.25) is 14.5 Å². The smallest absolute Gasteiger partial charge is 0.306 e. The summed E-state index contributed by atoms with van der Waals surface area (Å²) in [6, 6.07) is 7.08. The number of aryl methyl sites for hydroxylation is 2. The van der Waals surface area contributed by atoms with Crippen LogP contribution in [0.2, 0.25) is 0 Å². The van der Waals surface area contributed by atoms with E-state index in [0.717, 1.165) is 35.8 Å². The molecular weight excluding hydrogens is 510 g/mol. The van der Waals surface area contributed by atoms with Gasteiger partial charge in [0, 0.05) is 36.1 Å². The number of likely N-dealkylation sites (tertiary alicyclic amines) is 1. The number of anilines is 1. The molecule has 2 aliphatic rings. The highest BCUT2D eigenvalue weighted by atomic mass is 32.1. The summed E-state index contributed by atoms with van der Waals surface area (Å²) in [5.74, 6) is -0.457. The molecule has 3 aromatic rings. The third kappa shape index (κ3) is 6.20. The van der Waals surface area contributed by atoms with Crippen molar-refractivity contribution in [1.82, 2.24) is 19.9 Å². The molecular formula is C30H37N5O3S. The number of carbonyl (C=O) groups is 2. The molecule has 4 heterocycles. The maximum Gasteiger partial charge on any atom is 0.306 e. The fourth-order valence-corrected chi connectivity index (χ4v) is 6.77. The van der Waals surface area contributed by atoms with Crippen LogP contribution in [0, 0.1) is 19.8 Å². The second kappa shape index (κ2) is 11.9. The van der Waals surface area contributed by atoms with Crippen molar-refractivity contribution >= 4 is 28.9 Å². The lowest BCUT2D eigenvalue weighted by atomic mass is 9.97. The van der Waals surface area contributed by atoms with E-state index < -0.39 is 5.97 Å². The largest absolute Gasteiger partial charge is 0.481 e. The zero-order valence-electron chi connectivity index (χ0n) is 23.0. The van der Waals surface area contributed by atoms with Crippen LogP contribution in [0.25, 0.3) is 11.3 Å². The van der Waals surface area contributed by atoms with Gasteiger partial charge in [-0.1, -0.05) is 19.1 Å². The molecule has 1 atom stereocenters. The monoisotopic (exact) mass is 547 g/mol. The number of thiazole rings is 1. The first-order valence-electron chi connectivity index (χ1n) is 14.0. The Labute approximate surface area is 234 Å². The number of ketones is 1. The van der Waals surface area contributed by atoms with Crippen molar-refractivity contribution in [2.24, 2.45) is 5.92 Å². The number of carbonyl (C=O) groups excluding carboxylic acids is 1. The predicted octanol–water partition coefficient (Wildman–Crippen LogP) is 5.32. The van der Waals surface area contributed by atoms with Gasteiger partial charge in [0.15, 0.2) is 5.78 Å². The SMILES string of the molecule is CC[C@@H]1CCCN1Cc1sc(CC(=O)c2cnc(N3CCC(C(=O)O)CC3)cn2)nc1-c1ccc(C)c(C)c1. The van der Waals surface area contributed by atoms with Gasteiger partial charge in [0.25, 0.3) is 0 Å². The van der Waals surface area contributed by atoms with Crippen molar-refractivity contribution in [3.8, 4) is 11.3 Å². The van der Waals surface area contributed by atoms with Crippen LogP contribution in [0.5, 0.6) is 0 Å². The minimum atomic E-state index is -0.738. The number of nitrogens with zero attached hydrogens (tertiary/aromatic N) is 5. The van der Waals surface area contributed by atoms with Gasteiger partial charge in [-0.25, -0.2) is 15.0 Å². The molecule has 0 spiro atoms. The summed E-state index contributed by atoms with van der Waals surface area (Å²) in [5, 5.41) is 10.0. The molecule has 0 unspecified atom stereocenters. The van der Waals surface area contributed by atoms with Gasteiger partial charge >= 0.3 is 5.97 Å². The minimum absolute atomic E-state index is 0.0989. The van der Waals surface area contributed by atoms with Gasteiger partial charge in [0.1, 0.15) is 16.5 Å². The Hall–Kier alpha value is -3.17.